The molecule has 4 unspecified atom stereocenters. The molecule has 0 spiro atoms. The van der Waals surface area contributed by atoms with Crippen molar-refractivity contribution in [2.75, 3.05) is 0 Å². The molecule has 3 aliphatic carbocycles. The Morgan fingerprint density at radius 3 is 2.88 bits per heavy atom. The molecule has 0 amide bonds. The van der Waals surface area contributed by atoms with Gasteiger partial charge in [0.1, 0.15) is 0 Å². The molecule has 0 aliphatic heterocycles. The van der Waals surface area contributed by atoms with Gasteiger partial charge in [0.25, 0.3) is 0 Å². The molecule has 0 aromatic rings. The molecule has 3 aliphatic rings. The van der Waals surface area contributed by atoms with Crippen molar-refractivity contribution in [1.82, 2.24) is 0 Å². The molecular weight excluding hydrogens is 196 g/mol. The standard InChI is InChI=1S/C15H22O/c1-10-2-6-14-11(8-10)3-4-12-9-13(16)5-7-15(12)14/h9-11,14-15H,2-8H2,1H3. The van der Waals surface area contributed by atoms with Crippen LogP contribution in [0.3, 0.4) is 0 Å². The van der Waals surface area contributed by atoms with E-state index >= 15 is 0 Å². The predicted molar refractivity (Wildman–Crippen MR) is 65.0 cm³/mol. The van der Waals surface area contributed by atoms with Crippen molar-refractivity contribution >= 4 is 5.78 Å². The average Bonchev–Trinajstić information content (AvgIpc) is 2.28. The molecule has 16 heavy (non-hydrogen) atoms. The van der Waals surface area contributed by atoms with Gasteiger partial charge in [-0.15, -0.1) is 0 Å². The number of carbonyl (C=O) groups excluding carboxylic acids is 1. The van der Waals surface area contributed by atoms with E-state index in [4.69, 9.17) is 0 Å². The molecule has 0 saturated heterocycles. The summed E-state index contributed by atoms with van der Waals surface area (Å²) in [5.74, 6) is 4.00. The van der Waals surface area contributed by atoms with Gasteiger partial charge in [-0.1, -0.05) is 18.9 Å². The molecule has 1 nitrogen and oxygen atoms in total. The van der Waals surface area contributed by atoms with Crippen LogP contribution in [-0.2, 0) is 4.79 Å². The van der Waals surface area contributed by atoms with Gasteiger partial charge in [0.15, 0.2) is 5.78 Å². The molecule has 0 radical (unpaired) electrons. The highest BCUT2D eigenvalue weighted by molar-refractivity contribution is 5.91. The lowest BCUT2D eigenvalue weighted by Crippen LogP contribution is -2.36. The van der Waals surface area contributed by atoms with Gasteiger partial charge in [0.2, 0.25) is 0 Å². The number of fused-ring (bicyclic) bond motifs is 3. The number of ketones is 1. The molecule has 4 atom stereocenters. The van der Waals surface area contributed by atoms with Gasteiger partial charge in [0.05, 0.1) is 0 Å². The second-order valence-electron chi connectivity index (χ2n) is 6.21. The molecule has 2 saturated carbocycles. The summed E-state index contributed by atoms with van der Waals surface area (Å²) < 4.78 is 0. The van der Waals surface area contributed by atoms with Gasteiger partial charge in [-0.05, 0) is 61.9 Å². The summed E-state index contributed by atoms with van der Waals surface area (Å²) >= 11 is 0. The van der Waals surface area contributed by atoms with Gasteiger partial charge < -0.3 is 0 Å². The van der Waals surface area contributed by atoms with Crippen LogP contribution in [0.25, 0.3) is 0 Å². The summed E-state index contributed by atoms with van der Waals surface area (Å²) in [5, 5.41) is 0. The average molecular weight is 218 g/mol. The topological polar surface area (TPSA) is 17.1 Å². The fourth-order valence-corrected chi connectivity index (χ4v) is 4.35. The minimum atomic E-state index is 0.383. The first kappa shape index (κ1) is 10.6. The second-order valence-corrected chi connectivity index (χ2v) is 6.21. The van der Waals surface area contributed by atoms with Crippen LogP contribution in [0.5, 0.6) is 0 Å². The zero-order valence-electron chi connectivity index (χ0n) is 10.2. The Morgan fingerprint density at radius 1 is 1.12 bits per heavy atom. The van der Waals surface area contributed by atoms with Crippen LogP contribution in [0.1, 0.15) is 51.9 Å². The van der Waals surface area contributed by atoms with Crippen molar-refractivity contribution in [3.8, 4) is 0 Å². The zero-order valence-corrected chi connectivity index (χ0v) is 10.2. The highest BCUT2D eigenvalue weighted by Gasteiger charge is 2.40. The SMILES string of the molecule is CC1CCC2C(CCC3=CC(=O)CCC32)C1. The smallest absolute Gasteiger partial charge is 0.155 e. The summed E-state index contributed by atoms with van der Waals surface area (Å²) in [6.45, 7) is 2.41. The first-order chi connectivity index (χ1) is 7.74. The lowest BCUT2D eigenvalue weighted by atomic mass is 9.59. The van der Waals surface area contributed by atoms with E-state index in [0.29, 0.717) is 5.78 Å². The lowest BCUT2D eigenvalue weighted by Gasteiger charge is -2.45. The Labute approximate surface area is 98.3 Å². The third-order valence-corrected chi connectivity index (χ3v) is 5.15. The van der Waals surface area contributed by atoms with Gasteiger partial charge in [-0.25, -0.2) is 0 Å². The van der Waals surface area contributed by atoms with Crippen molar-refractivity contribution in [3.05, 3.63) is 11.6 Å². The van der Waals surface area contributed by atoms with E-state index in [9.17, 15) is 4.79 Å². The number of rotatable bonds is 0. The number of carbonyl (C=O) groups is 1. The Kier molecular flexibility index (Phi) is 2.65. The number of hydrogen-bond acceptors (Lipinski definition) is 1. The molecule has 2 fully saturated rings. The Morgan fingerprint density at radius 2 is 2.00 bits per heavy atom. The molecule has 88 valence electrons. The minimum absolute atomic E-state index is 0.383. The van der Waals surface area contributed by atoms with Crippen molar-refractivity contribution in [2.24, 2.45) is 23.7 Å². The molecule has 0 N–H and O–H groups in total. The summed E-state index contributed by atoms with van der Waals surface area (Å²) in [6, 6.07) is 0. The maximum Gasteiger partial charge on any atom is 0.155 e. The molecule has 0 bridgehead atoms. The van der Waals surface area contributed by atoms with E-state index < -0.39 is 0 Å². The monoisotopic (exact) mass is 218 g/mol. The Balaban J connectivity index is 1.81. The first-order valence-corrected chi connectivity index (χ1v) is 6.97. The maximum absolute atomic E-state index is 11.5. The van der Waals surface area contributed by atoms with Crippen LogP contribution in [0, 0.1) is 23.7 Å². The molecule has 1 heteroatoms. The largest absolute Gasteiger partial charge is 0.295 e. The van der Waals surface area contributed by atoms with Gasteiger partial charge in [-0.3, -0.25) is 4.79 Å². The van der Waals surface area contributed by atoms with E-state index in [1.807, 2.05) is 6.08 Å². The van der Waals surface area contributed by atoms with Gasteiger partial charge >= 0.3 is 0 Å². The third-order valence-electron chi connectivity index (χ3n) is 5.15. The molecule has 0 aromatic carbocycles. The van der Waals surface area contributed by atoms with E-state index in [1.54, 1.807) is 0 Å². The minimum Gasteiger partial charge on any atom is -0.295 e. The number of allylic oxidation sites excluding steroid dienone is 2. The van der Waals surface area contributed by atoms with Gasteiger partial charge in [-0.2, -0.15) is 0 Å². The normalized spacial score (nSPS) is 43.3. The maximum atomic E-state index is 11.5. The molecule has 0 aromatic heterocycles. The molecule has 0 heterocycles. The van der Waals surface area contributed by atoms with Crippen LogP contribution in [0.2, 0.25) is 0 Å². The predicted octanol–water partition coefficient (Wildman–Crippen LogP) is 3.74. The molecule has 3 rings (SSSR count). The van der Waals surface area contributed by atoms with Crippen molar-refractivity contribution in [1.29, 1.82) is 0 Å². The van der Waals surface area contributed by atoms with E-state index in [1.165, 1.54) is 37.7 Å². The summed E-state index contributed by atoms with van der Waals surface area (Å²) in [6.07, 6.45) is 10.8. The Bertz CT molecular complexity index is 328. The summed E-state index contributed by atoms with van der Waals surface area (Å²) in [4.78, 5) is 11.5. The van der Waals surface area contributed by atoms with Crippen LogP contribution in [0.15, 0.2) is 11.6 Å². The second kappa shape index (κ2) is 4.01. The van der Waals surface area contributed by atoms with Crippen LogP contribution in [-0.4, -0.2) is 5.78 Å². The highest BCUT2D eigenvalue weighted by Crippen LogP contribution is 2.50. The zero-order chi connectivity index (χ0) is 11.1. The van der Waals surface area contributed by atoms with E-state index in [-0.39, 0.29) is 0 Å². The fourth-order valence-electron chi connectivity index (χ4n) is 4.35. The summed E-state index contributed by atoms with van der Waals surface area (Å²) in [7, 11) is 0. The number of hydrogen-bond donors (Lipinski definition) is 0. The van der Waals surface area contributed by atoms with Crippen LogP contribution >= 0.6 is 0 Å². The molecular formula is C15H22O. The quantitative estimate of drug-likeness (QED) is 0.605. The van der Waals surface area contributed by atoms with Crippen molar-refractivity contribution in [3.63, 3.8) is 0 Å². The fraction of sp³-hybridized carbons (Fsp3) is 0.800. The lowest BCUT2D eigenvalue weighted by molar-refractivity contribution is -0.115. The highest BCUT2D eigenvalue weighted by atomic mass is 16.1. The Hall–Kier alpha value is -0.590. The third kappa shape index (κ3) is 1.74. The summed E-state index contributed by atoms with van der Waals surface area (Å²) in [5.41, 5.74) is 1.51. The van der Waals surface area contributed by atoms with Crippen molar-refractivity contribution in [2.45, 2.75) is 51.9 Å². The first-order valence-electron chi connectivity index (χ1n) is 6.97. The van der Waals surface area contributed by atoms with E-state index in [0.717, 1.165) is 36.5 Å². The van der Waals surface area contributed by atoms with E-state index in [2.05, 4.69) is 6.92 Å². The van der Waals surface area contributed by atoms with Crippen LogP contribution in [0.4, 0.5) is 0 Å². The van der Waals surface area contributed by atoms with Gasteiger partial charge in [0, 0.05) is 6.42 Å². The van der Waals surface area contributed by atoms with Crippen LogP contribution < -0.4 is 0 Å². The van der Waals surface area contributed by atoms with Crippen molar-refractivity contribution < 1.29 is 4.79 Å².